The predicted octanol–water partition coefficient (Wildman–Crippen LogP) is 4.83. The summed E-state index contributed by atoms with van der Waals surface area (Å²) in [5.74, 6) is 6.02. The molecule has 0 radical (unpaired) electrons. The SMILES string of the molecule is COc1cc(C(=O)N(C)C)ccc1NCC#Cc1cc2c(N[C@@H]3CCN(C)C[C@@H]3F)cccc2n1CC(F)(F)F. The Labute approximate surface area is 231 Å². The minimum absolute atomic E-state index is 0.120. The van der Waals surface area contributed by atoms with E-state index in [0.717, 1.165) is 11.1 Å². The number of rotatable bonds is 7. The Morgan fingerprint density at radius 1 is 1.18 bits per heavy atom. The van der Waals surface area contributed by atoms with Gasteiger partial charge in [0.2, 0.25) is 0 Å². The summed E-state index contributed by atoms with van der Waals surface area (Å²) < 4.78 is 61.8. The van der Waals surface area contributed by atoms with Crippen LogP contribution >= 0.6 is 0 Å². The van der Waals surface area contributed by atoms with E-state index in [1.165, 1.54) is 12.0 Å². The lowest BCUT2D eigenvalue weighted by molar-refractivity contribution is -0.140. The topological polar surface area (TPSA) is 61.8 Å². The summed E-state index contributed by atoms with van der Waals surface area (Å²) in [6.07, 6.45) is -4.96. The predicted molar refractivity (Wildman–Crippen MR) is 149 cm³/mol. The maximum absolute atomic E-state index is 14.7. The van der Waals surface area contributed by atoms with Crippen LogP contribution in [-0.2, 0) is 6.54 Å². The number of alkyl halides is 4. The molecule has 1 aromatic heterocycles. The number of halogens is 4. The molecule has 0 unspecified atom stereocenters. The van der Waals surface area contributed by atoms with Gasteiger partial charge >= 0.3 is 6.18 Å². The van der Waals surface area contributed by atoms with Crippen molar-refractivity contribution in [1.82, 2.24) is 14.4 Å². The maximum atomic E-state index is 14.7. The molecule has 0 aliphatic carbocycles. The number of amides is 1. The van der Waals surface area contributed by atoms with Gasteiger partial charge in [0.15, 0.2) is 0 Å². The molecule has 1 aliphatic rings. The van der Waals surface area contributed by atoms with Crippen molar-refractivity contribution in [2.24, 2.45) is 0 Å². The van der Waals surface area contributed by atoms with Crippen LogP contribution in [0.3, 0.4) is 0 Å². The number of methoxy groups -OCH3 is 1. The molecule has 1 fully saturated rings. The molecule has 0 spiro atoms. The van der Waals surface area contributed by atoms with Gasteiger partial charge in [-0.3, -0.25) is 4.79 Å². The number of carbonyl (C=O) groups is 1. The van der Waals surface area contributed by atoms with Crippen molar-refractivity contribution in [2.45, 2.75) is 31.4 Å². The molecule has 1 aliphatic heterocycles. The van der Waals surface area contributed by atoms with Gasteiger partial charge in [-0.15, -0.1) is 0 Å². The van der Waals surface area contributed by atoms with Gasteiger partial charge in [-0.2, -0.15) is 13.2 Å². The monoisotopic (exact) mass is 559 g/mol. The number of aromatic nitrogens is 1. The Bertz CT molecular complexity index is 1420. The summed E-state index contributed by atoms with van der Waals surface area (Å²) in [6, 6.07) is 11.2. The van der Waals surface area contributed by atoms with Gasteiger partial charge < -0.3 is 29.7 Å². The first kappa shape index (κ1) is 29.1. The molecule has 0 bridgehead atoms. The second kappa shape index (κ2) is 12.1. The molecule has 1 amide bonds. The highest BCUT2D eigenvalue weighted by Gasteiger charge is 2.31. The standard InChI is InChI=1S/C29H33F4N5O2/c1-36(2)28(39)19-10-11-25(27(15-19)40-4)34-13-6-7-20-16-21-23(35-24-12-14-37(3)17-22(24)30)8-5-9-26(21)38(20)18-29(31,32)33/h5,8-11,15-16,22,24,34-35H,12-14,17-18H2,1-4H3/t22-,24+/m0/s1. The van der Waals surface area contributed by atoms with E-state index >= 15 is 0 Å². The Balaban J connectivity index is 1.59. The van der Waals surface area contributed by atoms with Crippen LogP contribution in [0.25, 0.3) is 10.9 Å². The average Bonchev–Trinajstić information content (AvgIpc) is 3.24. The van der Waals surface area contributed by atoms with Crippen molar-refractivity contribution in [3.63, 3.8) is 0 Å². The number of nitrogens with one attached hydrogen (secondary N) is 2. The maximum Gasteiger partial charge on any atom is 0.406 e. The van der Waals surface area contributed by atoms with Crippen molar-refractivity contribution < 1.29 is 27.1 Å². The van der Waals surface area contributed by atoms with Crippen molar-refractivity contribution in [1.29, 1.82) is 0 Å². The molecule has 214 valence electrons. The quantitative estimate of drug-likeness (QED) is 0.321. The molecular weight excluding hydrogens is 526 g/mol. The second-order valence-corrected chi connectivity index (χ2v) is 10.1. The number of anilines is 2. The second-order valence-electron chi connectivity index (χ2n) is 10.1. The zero-order chi connectivity index (χ0) is 29.0. The van der Waals surface area contributed by atoms with Gasteiger partial charge in [0.25, 0.3) is 5.91 Å². The van der Waals surface area contributed by atoms with E-state index in [4.69, 9.17) is 4.74 Å². The Morgan fingerprint density at radius 3 is 2.62 bits per heavy atom. The molecule has 2 atom stereocenters. The van der Waals surface area contributed by atoms with Gasteiger partial charge in [-0.1, -0.05) is 12.0 Å². The van der Waals surface area contributed by atoms with Gasteiger partial charge in [-0.05, 0) is 55.8 Å². The largest absolute Gasteiger partial charge is 0.495 e. The van der Waals surface area contributed by atoms with Crippen molar-refractivity contribution in [3.8, 4) is 17.6 Å². The number of benzene rings is 2. The van der Waals surface area contributed by atoms with E-state index in [9.17, 15) is 22.4 Å². The van der Waals surface area contributed by atoms with E-state index < -0.39 is 24.9 Å². The third-order valence-electron chi connectivity index (χ3n) is 6.81. The molecule has 2 heterocycles. The zero-order valence-corrected chi connectivity index (χ0v) is 22.9. The molecule has 11 heteroatoms. The van der Waals surface area contributed by atoms with Gasteiger partial charge in [0.1, 0.15) is 18.5 Å². The van der Waals surface area contributed by atoms with Crippen LogP contribution in [0.4, 0.5) is 28.9 Å². The lowest BCUT2D eigenvalue weighted by Gasteiger charge is -2.33. The molecular formula is C29H33F4N5O2. The van der Waals surface area contributed by atoms with Crippen LogP contribution < -0.4 is 15.4 Å². The Hall–Kier alpha value is -3.91. The van der Waals surface area contributed by atoms with E-state index in [0.29, 0.717) is 46.6 Å². The van der Waals surface area contributed by atoms with Gasteiger partial charge in [0, 0.05) is 43.8 Å². The van der Waals surface area contributed by atoms with E-state index in [-0.39, 0.29) is 18.1 Å². The van der Waals surface area contributed by atoms with E-state index in [2.05, 4.69) is 22.5 Å². The first-order valence-electron chi connectivity index (χ1n) is 12.9. The first-order chi connectivity index (χ1) is 19.0. The zero-order valence-electron chi connectivity index (χ0n) is 22.9. The molecule has 40 heavy (non-hydrogen) atoms. The number of hydrogen-bond donors (Lipinski definition) is 2. The van der Waals surface area contributed by atoms with Gasteiger partial charge in [0.05, 0.1) is 36.6 Å². The number of carbonyl (C=O) groups excluding carboxylic acids is 1. The molecule has 2 aromatic carbocycles. The smallest absolute Gasteiger partial charge is 0.406 e. The van der Waals surface area contributed by atoms with Gasteiger partial charge in [-0.25, -0.2) is 4.39 Å². The number of fused-ring (bicyclic) bond motifs is 1. The molecule has 7 nitrogen and oxygen atoms in total. The molecule has 2 N–H and O–H groups in total. The minimum atomic E-state index is -4.46. The molecule has 1 saturated heterocycles. The number of ether oxygens (including phenoxy) is 1. The first-order valence-corrected chi connectivity index (χ1v) is 12.9. The molecule has 4 rings (SSSR count). The number of hydrogen-bond acceptors (Lipinski definition) is 5. The highest BCUT2D eigenvalue weighted by molar-refractivity contribution is 5.95. The van der Waals surface area contributed by atoms with Crippen LogP contribution in [-0.4, -0.2) is 86.6 Å². The third-order valence-corrected chi connectivity index (χ3v) is 6.81. The molecule has 3 aromatic rings. The Kier molecular flexibility index (Phi) is 8.79. The van der Waals surface area contributed by atoms with Crippen LogP contribution in [0.1, 0.15) is 22.5 Å². The van der Waals surface area contributed by atoms with Crippen LogP contribution in [0.2, 0.25) is 0 Å². The summed E-state index contributed by atoms with van der Waals surface area (Å²) >= 11 is 0. The summed E-state index contributed by atoms with van der Waals surface area (Å²) in [7, 11) is 6.64. The highest BCUT2D eigenvalue weighted by Crippen LogP contribution is 2.32. The third kappa shape index (κ3) is 6.80. The minimum Gasteiger partial charge on any atom is -0.495 e. The van der Waals surface area contributed by atoms with E-state index in [1.807, 2.05) is 11.9 Å². The fourth-order valence-corrected chi connectivity index (χ4v) is 4.79. The lowest BCUT2D eigenvalue weighted by Crippen LogP contribution is -2.46. The van der Waals surface area contributed by atoms with Crippen molar-refractivity contribution >= 4 is 28.2 Å². The summed E-state index contributed by atoms with van der Waals surface area (Å²) in [6.45, 7) is -0.0556. The van der Waals surface area contributed by atoms with Crippen molar-refractivity contribution in [3.05, 3.63) is 53.7 Å². The fraction of sp³-hybridized carbons (Fsp3) is 0.414. The fourth-order valence-electron chi connectivity index (χ4n) is 4.79. The Morgan fingerprint density at radius 2 is 1.95 bits per heavy atom. The highest BCUT2D eigenvalue weighted by atomic mass is 19.4. The lowest BCUT2D eigenvalue weighted by atomic mass is 10.0. The summed E-state index contributed by atoms with van der Waals surface area (Å²) in [5.41, 5.74) is 2.19. The molecule has 0 saturated carbocycles. The number of piperidine rings is 1. The number of nitrogens with zero attached hydrogens (tertiary/aromatic N) is 3. The average molecular weight is 560 g/mol. The summed E-state index contributed by atoms with van der Waals surface area (Å²) in [4.78, 5) is 15.6. The van der Waals surface area contributed by atoms with Crippen LogP contribution in [0, 0.1) is 11.8 Å². The van der Waals surface area contributed by atoms with Crippen molar-refractivity contribution in [2.75, 3.05) is 58.5 Å². The summed E-state index contributed by atoms with van der Waals surface area (Å²) in [5, 5.41) is 6.87. The van der Waals surface area contributed by atoms with Crippen LogP contribution in [0.15, 0.2) is 42.5 Å². The normalized spacial score (nSPS) is 17.7. The number of likely N-dealkylation sites (tertiary alicyclic amines) is 1. The van der Waals surface area contributed by atoms with E-state index in [1.54, 1.807) is 56.6 Å². The van der Waals surface area contributed by atoms with Crippen LogP contribution in [0.5, 0.6) is 5.75 Å².